The van der Waals surface area contributed by atoms with Gasteiger partial charge in [0.2, 0.25) is 11.8 Å². The molecule has 3 heterocycles. The third kappa shape index (κ3) is 4.50. The van der Waals surface area contributed by atoms with E-state index in [4.69, 9.17) is 4.74 Å². The maximum atomic E-state index is 14.3. The van der Waals surface area contributed by atoms with Crippen molar-refractivity contribution in [1.82, 2.24) is 9.80 Å². The molecule has 3 aliphatic rings. The zero-order valence-corrected chi connectivity index (χ0v) is 21.7. The second-order valence-corrected chi connectivity index (χ2v) is 11.5. The van der Waals surface area contributed by atoms with Gasteiger partial charge in [0, 0.05) is 31.5 Å². The zero-order valence-electron chi connectivity index (χ0n) is 20.9. The number of rotatable bonds is 12. The summed E-state index contributed by atoms with van der Waals surface area (Å²) in [5, 5.41) is 9.29. The first-order valence-corrected chi connectivity index (χ1v) is 13.6. The van der Waals surface area contributed by atoms with Gasteiger partial charge < -0.3 is 19.6 Å². The van der Waals surface area contributed by atoms with E-state index in [-0.39, 0.29) is 42.2 Å². The number of esters is 1. The number of aliphatic hydroxyl groups is 1. The van der Waals surface area contributed by atoms with Gasteiger partial charge in [0.05, 0.1) is 16.6 Å². The van der Waals surface area contributed by atoms with Crippen molar-refractivity contribution in [3.8, 4) is 0 Å². The second kappa shape index (κ2) is 11.2. The molecular formula is C28H36N2O5S. The van der Waals surface area contributed by atoms with Crippen LogP contribution >= 0.6 is 11.8 Å². The van der Waals surface area contributed by atoms with Crippen LogP contribution in [-0.4, -0.2) is 75.0 Å². The van der Waals surface area contributed by atoms with Crippen LogP contribution in [0, 0.1) is 17.8 Å². The molecule has 7 nitrogen and oxygen atoms in total. The molecule has 1 aromatic carbocycles. The molecule has 0 aliphatic carbocycles. The summed E-state index contributed by atoms with van der Waals surface area (Å²) in [6.45, 7) is 10.8. The lowest BCUT2D eigenvalue weighted by Gasteiger charge is -2.40. The van der Waals surface area contributed by atoms with Crippen LogP contribution in [0.1, 0.15) is 31.7 Å². The molecule has 0 radical (unpaired) electrons. The SMILES string of the molecule is C=CCOC(=O)[C@@H]1[C@H]2C(=O)N(CCCCO)C(C(=O)N(CC=C)Cc3ccccc3)C23S[C@@H]1CC3C. The minimum atomic E-state index is -0.688. The summed E-state index contributed by atoms with van der Waals surface area (Å²) in [5.74, 6) is -1.72. The lowest BCUT2D eigenvalue weighted by atomic mass is 9.66. The molecule has 0 aromatic heterocycles. The van der Waals surface area contributed by atoms with Crippen LogP contribution in [0.25, 0.3) is 0 Å². The van der Waals surface area contributed by atoms with Gasteiger partial charge in [-0.2, -0.15) is 0 Å². The van der Waals surface area contributed by atoms with Crippen molar-refractivity contribution in [2.75, 3.05) is 26.3 Å². The first-order valence-electron chi connectivity index (χ1n) is 12.7. The highest BCUT2D eigenvalue weighted by atomic mass is 32.2. The van der Waals surface area contributed by atoms with E-state index in [2.05, 4.69) is 20.1 Å². The van der Waals surface area contributed by atoms with Crippen molar-refractivity contribution in [2.45, 2.75) is 48.8 Å². The van der Waals surface area contributed by atoms with Crippen molar-refractivity contribution in [2.24, 2.45) is 17.8 Å². The molecule has 194 valence electrons. The lowest BCUT2D eigenvalue weighted by Crippen LogP contribution is -2.57. The normalized spacial score (nSPS) is 30.2. The number of unbranched alkanes of at least 4 members (excludes halogenated alkanes) is 1. The number of carbonyl (C=O) groups is 3. The summed E-state index contributed by atoms with van der Waals surface area (Å²) in [7, 11) is 0. The maximum absolute atomic E-state index is 14.3. The number of carbonyl (C=O) groups excluding carboxylic acids is 3. The number of hydrogen-bond acceptors (Lipinski definition) is 6. The highest BCUT2D eigenvalue weighted by molar-refractivity contribution is 8.02. The summed E-state index contributed by atoms with van der Waals surface area (Å²) in [6.07, 6.45) is 5.12. The highest BCUT2D eigenvalue weighted by Crippen LogP contribution is 2.68. The molecule has 1 aromatic rings. The molecule has 1 spiro atoms. The number of fused-ring (bicyclic) bond motifs is 1. The summed E-state index contributed by atoms with van der Waals surface area (Å²) in [6, 6.07) is 9.10. The molecule has 2 amide bonds. The number of hydrogen-bond donors (Lipinski definition) is 1. The van der Waals surface area contributed by atoms with E-state index < -0.39 is 22.6 Å². The Balaban J connectivity index is 1.72. The molecule has 4 rings (SSSR count). The predicted octanol–water partition coefficient (Wildman–Crippen LogP) is 3.04. The number of thioether (sulfide) groups is 1. The number of ether oxygens (including phenoxy) is 1. The molecule has 6 atom stereocenters. The summed E-state index contributed by atoms with van der Waals surface area (Å²) >= 11 is 1.64. The van der Waals surface area contributed by atoms with Crippen LogP contribution in [0.2, 0.25) is 0 Å². The summed E-state index contributed by atoms with van der Waals surface area (Å²) < 4.78 is 4.74. The van der Waals surface area contributed by atoms with Gasteiger partial charge in [-0.25, -0.2) is 0 Å². The number of aliphatic hydroxyl groups excluding tert-OH is 1. The van der Waals surface area contributed by atoms with Gasteiger partial charge in [0.25, 0.3) is 0 Å². The van der Waals surface area contributed by atoms with Gasteiger partial charge in [-0.3, -0.25) is 14.4 Å². The van der Waals surface area contributed by atoms with E-state index in [0.717, 1.165) is 12.0 Å². The van der Waals surface area contributed by atoms with Crippen molar-refractivity contribution in [3.63, 3.8) is 0 Å². The molecule has 8 heteroatoms. The molecule has 3 saturated heterocycles. The summed E-state index contributed by atoms with van der Waals surface area (Å²) in [4.78, 5) is 44.9. The van der Waals surface area contributed by atoms with Crippen molar-refractivity contribution in [3.05, 3.63) is 61.2 Å². The number of likely N-dealkylation sites (tertiary alicyclic amines) is 1. The van der Waals surface area contributed by atoms with Gasteiger partial charge in [0.15, 0.2) is 0 Å². The Labute approximate surface area is 217 Å². The third-order valence-electron chi connectivity index (χ3n) is 7.78. The average molecular weight is 513 g/mol. The van der Waals surface area contributed by atoms with E-state index in [1.54, 1.807) is 27.6 Å². The monoisotopic (exact) mass is 512 g/mol. The van der Waals surface area contributed by atoms with Crippen LogP contribution in [0.5, 0.6) is 0 Å². The minimum Gasteiger partial charge on any atom is -0.461 e. The fraction of sp³-hybridized carbons (Fsp3) is 0.536. The molecular weight excluding hydrogens is 476 g/mol. The Morgan fingerprint density at radius 2 is 2.00 bits per heavy atom. The van der Waals surface area contributed by atoms with Crippen LogP contribution in [0.4, 0.5) is 0 Å². The molecule has 3 unspecified atom stereocenters. The average Bonchev–Trinajstić information content (AvgIpc) is 3.46. The Morgan fingerprint density at radius 3 is 2.67 bits per heavy atom. The first-order chi connectivity index (χ1) is 17.4. The molecule has 1 N–H and O–H groups in total. The van der Waals surface area contributed by atoms with Gasteiger partial charge in [-0.1, -0.05) is 56.0 Å². The predicted molar refractivity (Wildman–Crippen MR) is 140 cm³/mol. The number of amides is 2. The molecule has 36 heavy (non-hydrogen) atoms. The molecule has 3 fully saturated rings. The highest BCUT2D eigenvalue weighted by Gasteiger charge is 2.76. The molecule has 3 aliphatic heterocycles. The Morgan fingerprint density at radius 1 is 1.25 bits per heavy atom. The third-order valence-corrected chi connectivity index (χ3v) is 9.86. The van der Waals surface area contributed by atoms with Crippen molar-refractivity contribution < 1.29 is 24.2 Å². The van der Waals surface area contributed by atoms with Crippen LogP contribution in [0.15, 0.2) is 55.6 Å². The summed E-state index contributed by atoms with van der Waals surface area (Å²) in [5.41, 5.74) is 1.00. The van der Waals surface area contributed by atoms with E-state index >= 15 is 0 Å². The second-order valence-electron chi connectivity index (χ2n) is 9.93. The van der Waals surface area contributed by atoms with Crippen LogP contribution in [-0.2, 0) is 25.7 Å². The van der Waals surface area contributed by atoms with E-state index in [0.29, 0.717) is 32.5 Å². The first kappa shape index (κ1) is 26.5. The maximum Gasteiger partial charge on any atom is 0.311 e. The Kier molecular flexibility index (Phi) is 8.25. The van der Waals surface area contributed by atoms with Crippen molar-refractivity contribution >= 4 is 29.5 Å². The minimum absolute atomic E-state index is 0.0234. The largest absolute Gasteiger partial charge is 0.461 e. The number of nitrogens with zero attached hydrogens (tertiary/aromatic N) is 2. The number of benzene rings is 1. The van der Waals surface area contributed by atoms with Crippen molar-refractivity contribution in [1.29, 1.82) is 0 Å². The zero-order chi connectivity index (χ0) is 25.9. The van der Waals surface area contributed by atoms with Gasteiger partial charge in [-0.15, -0.1) is 18.3 Å². The van der Waals surface area contributed by atoms with Crippen LogP contribution in [0.3, 0.4) is 0 Å². The topological polar surface area (TPSA) is 87.1 Å². The smallest absolute Gasteiger partial charge is 0.311 e. The van der Waals surface area contributed by atoms with Gasteiger partial charge >= 0.3 is 5.97 Å². The van der Waals surface area contributed by atoms with Crippen LogP contribution < -0.4 is 0 Å². The standard InChI is InChI=1S/C28H36N2O5S/c1-4-13-29(18-20-11-7-6-8-12-20)26(33)24-28-19(3)17-21(36-28)22(27(34)35-16-5-2)23(28)25(32)30(24)14-9-10-15-31/h4-8,11-12,19,21-24,31H,1-2,9-10,13-18H2,3H3/t19?,21-,22+,23+,24?,28?/m1/s1. The van der Waals surface area contributed by atoms with E-state index in [9.17, 15) is 19.5 Å². The van der Waals surface area contributed by atoms with Gasteiger partial charge in [0.1, 0.15) is 12.6 Å². The Hall–Kier alpha value is -2.58. The van der Waals surface area contributed by atoms with Gasteiger partial charge in [-0.05, 0) is 30.7 Å². The fourth-order valence-corrected chi connectivity index (χ4v) is 8.71. The van der Waals surface area contributed by atoms with E-state index in [1.165, 1.54) is 6.08 Å². The van der Waals surface area contributed by atoms with E-state index in [1.807, 2.05) is 30.3 Å². The Bertz CT molecular complexity index is 1000. The molecule has 0 saturated carbocycles. The quantitative estimate of drug-likeness (QED) is 0.263. The fourth-order valence-electron chi connectivity index (χ4n) is 6.30. The lowest BCUT2D eigenvalue weighted by molar-refractivity contribution is -0.153. The molecule has 2 bridgehead atoms.